The summed E-state index contributed by atoms with van der Waals surface area (Å²) in [5, 5.41) is 20.9. The van der Waals surface area contributed by atoms with E-state index in [9.17, 15) is 4.79 Å². The van der Waals surface area contributed by atoms with E-state index < -0.39 is 5.25 Å². The molecule has 8 heteroatoms. The lowest BCUT2D eigenvalue weighted by atomic mass is 10.2. The summed E-state index contributed by atoms with van der Waals surface area (Å²) in [7, 11) is 0. The third-order valence-corrected chi connectivity index (χ3v) is 5.15. The molecule has 0 radical (unpaired) electrons. The van der Waals surface area contributed by atoms with Crippen LogP contribution in [-0.2, 0) is 4.79 Å². The standard InChI is InChI=1S/C20H20N6OS/c1-15-9-11-18(12-10-15)26-20(22-23-24-26)28-16(2)19(27)25(14-6-13-21)17-7-4-3-5-8-17/h3-5,7-12,16H,6,14H2,1-2H3/t16-/m0/s1. The second kappa shape index (κ2) is 9.15. The molecule has 0 fully saturated rings. The molecule has 0 aliphatic heterocycles. The highest BCUT2D eigenvalue weighted by molar-refractivity contribution is 8.00. The number of benzene rings is 2. The molecule has 0 aliphatic carbocycles. The minimum absolute atomic E-state index is 0.0927. The van der Waals surface area contributed by atoms with Crippen LogP contribution in [0.2, 0.25) is 0 Å². The van der Waals surface area contributed by atoms with Crippen molar-refractivity contribution in [3.8, 4) is 11.8 Å². The summed E-state index contributed by atoms with van der Waals surface area (Å²) in [6.45, 7) is 4.18. The first-order valence-corrected chi connectivity index (χ1v) is 9.73. The Bertz CT molecular complexity index is 964. The molecule has 1 heterocycles. The van der Waals surface area contributed by atoms with E-state index in [0.717, 1.165) is 16.9 Å². The minimum Gasteiger partial charge on any atom is -0.310 e. The van der Waals surface area contributed by atoms with Gasteiger partial charge >= 0.3 is 0 Å². The van der Waals surface area contributed by atoms with Crippen molar-refractivity contribution >= 4 is 23.4 Å². The Labute approximate surface area is 168 Å². The number of anilines is 1. The number of nitrogens with zero attached hydrogens (tertiary/aromatic N) is 6. The van der Waals surface area contributed by atoms with E-state index in [2.05, 4.69) is 21.6 Å². The molecule has 7 nitrogen and oxygen atoms in total. The Balaban J connectivity index is 1.79. The van der Waals surface area contributed by atoms with Gasteiger partial charge < -0.3 is 4.90 Å². The predicted molar refractivity (Wildman–Crippen MR) is 108 cm³/mol. The molecular weight excluding hydrogens is 372 g/mol. The van der Waals surface area contributed by atoms with Crippen LogP contribution in [0.5, 0.6) is 0 Å². The van der Waals surface area contributed by atoms with Crippen LogP contribution < -0.4 is 4.90 Å². The van der Waals surface area contributed by atoms with Crippen molar-refractivity contribution in [2.24, 2.45) is 0 Å². The molecule has 0 unspecified atom stereocenters. The smallest absolute Gasteiger partial charge is 0.240 e. The largest absolute Gasteiger partial charge is 0.310 e. The topological polar surface area (TPSA) is 87.7 Å². The Morgan fingerprint density at radius 2 is 1.93 bits per heavy atom. The zero-order valence-electron chi connectivity index (χ0n) is 15.7. The molecule has 28 heavy (non-hydrogen) atoms. The lowest BCUT2D eigenvalue weighted by Gasteiger charge is -2.24. The molecule has 1 atom stereocenters. The lowest BCUT2D eigenvalue weighted by Crippen LogP contribution is -2.37. The molecule has 3 rings (SSSR count). The number of carbonyl (C=O) groups excluding carboxylic acids is 1. The number of carbonyl (C=O) groups is 1. The van der Waals surface area contributed by atoms with Crippen LogP contribution in [0.3, 0.4) is 0 Å². The van der Waals surface area contributed by atoms with Crippen molar-refractivity contribution < 1.29 is 4.79 Å². The van der Waals surface area contributed by atoms with Gasteiger partial charge in [-0.05, 0) is 48.5 Å². The lowest BCUT2D eigenvalue weighted by molar-refractivity contribution is -0.117. The number of thioether (sulfide) groups is 1. The SMILES string of the molecule is Cc1ccc(-n2nnnc2S[C@@H](C)C(=O)N(CCC#N)c2ccccc2)cc1. The van der Waals surface area contributed by atoms with E-state index in [-0.39, 0.29) is 12.3 Å². The van der Waals surface area contributed by atoms with Crippen LogP contribution in [-0.4, -0.2) is 37.9 Å². The van der Waals surface area contributed by atoms with E-state index >= 15 is 0 Å². The fourth-order valence-electron chi connectivity index (χ4n) is 2.66. The summed E-state index contributed by atoms with van der Waals surface area (Å²) >= 11 is 1.29. The second-order valence-electron chi connectivity index (χ2n) is 6.20. The molecule has 0 aliphatic rings. The van der Waals surface area contributed by atoms with Crippen molar-refractivity contribution in [2.45, 2.75) is 30.7 Å². The first-order valence-electron chi connectivity index (χ1n) is 8.85. The van der Waals surface area contributed by atoms with E-state index in [0.29, 0.717) is 11.7 Å². The van der Waals surface area contributed by atoms with E-state index in [1.807, 2.05) is 68.4 Å². The molecule has 0 spiro atoms. The van der Waals surface area contributed by atoms with Crippen LogP contribution in [0.4, 0.5) is 5.69 Å². The number of aromatic nitrogens is 4. The summed E-state index contributed by atoms with van der Waals surface area (Å²) in [6.07, 6.45) is 0.263. The highest BCUT2D eigenvalue weighted by atomic mass is 32.2. The quantitative estimate of drug-likeness (QED) is 0.573. The molecule has 0 saturated heterocycles. The summed E-state index contributed by atoms with van der Waals surface area (Å²) < 4.78 is 1.62. The molecule has 0 saturated carbocycles. The second-order valence-corrected chi connectivity index (χ2v) is 7.51. The Morgan fingerprint density at radius 1 is 1.21 bits per heavy atom. The zero-order chi connectivity index (χ0) is 19.9. The summed E-state index contributed by atoms with van der Waals surface area (Å²) in [5.41, 5.74) is 2.75. The van der Waals surface area contributed by atoms with Gasteiger partial charge in [0.05, 0.1) is 23.4 Å². The summed E-state index contributed by atoms with van der Waals surface area (Å²) in [4.78, 5) is 14.7. The third-order valence-electron chi connectivity index (χ3n) is 4.13. The Hall–Kier alpha value is -3.18. The van der Waals surface area contributed by atoms with Gasteiger partial charge in [-0.2, -0.15) is 9.94 Å². The van der Waals surface area contributed by atoms with Gasteiger partial charge in [-0.3, -0.25) is 4.79 Å². The highest BCUT2D eigenvalue weighted by Gasteiger charge is 2.25. The van der Waals surface area contributed by atoms with Crippen molar-refractivity contribution in [3.63, 3.8) is 0 Å². The van der Waals surface area contributed by atoms with Crippen LogP contribution in [0.1, 0.15) is 18.9 Å². The fraction of sp³-hybridized carbons (Fsp3) is 0.250. The van der Waals surface area contributed by atoms with E-state index in [4.69, 9.17) is 5.26 Å². The van der Waals surface area contributed by atoms with Gasteiger partial charge in [-0.15, -0.1) is 5.10 Å². The normalized spacial score (nSPS) is 11.6. The minimum atomic E-state index is -0.422. The number of aryl methyl sites for hydroxylation is 1. The number of para-hydroxylation sites is 1. The van der Waals surface area contributed by atoms with Crippen LogP contribution in [0, 0.1) is 18.3 Å². The number of hydrogen-bond acceptors (Lipinski definition) is 6. The van der Waals surface area contributed by atoms with Gasteiger partial charge in [-0.1, -0.05) is 47.7 Å². The number of nitriles is 1. The van der Waals surface area contributed by atoms with Gasteiger partial charge in [0.15, 0.2) is 0 Å². The van der Waals surface area contributed by atoms with Gasteiger partial charge in [0.2, 0.25) is 11.1 Å². The maximum absolute atomic E-state index is 13.1. The molecular formula is C20H20N6OS. The van der Waals surface area contributed by atoms with Gasteiger partial charge in [0, 0.05) is 12.2 Å². The van der Waals surface area contributed by atoms with Crippen LogP contribution >= 0.6 is 11.8 Å². The first-order chi connectivity index (χ1) is 13.6. The number of amides is 1. The Morgan fingerprint density at radius 3 is 2.61 bits per heavy atom. The fourth-order valence-corrected chi connectivity index (χ4v) is 3.53. The van der Waals surface area contributed by atoms with Crippen molar-refractivity contribution in [1.82, 2.24) is 20.2 Å². The highest BCUT2D eigenvalue weighted by Crippen LogP contribution is 2.26. The molecule has 0 bridgehead atoms. The third kappa shape index (κ3) is 4.56. The monoisotopic (exact) mass is 392 g/mol. The average Bonchev–Trinajstić information content (AvgIpc) is 3.17. The number of hydrogen-bond donors (Lipinski definition) is 0. The van der Waals surface area contributed by atoms with Crippen molar-refractivity contribution in [2.75, 3.05) is 11.4 Å². The van der Waals surface area contributed by atoms with Gasteiger partial charge in [-0.25, -0.2) is 0 Å². The maximum atomic E-state index is 13.1. The maximum Gasteiger partial charge on any atom is 0.240 e. The summed E-state index contributed by atoms with van der Waals surface area (Å²) in [5.74, 6) is -0.0927. The number of tetrazole rings is 1. The van der Waals surface area contributed by atoms with Crippen LogP contribution in [0.15, 0.2) is 59.8 Å². The van der Waals surface area contributed by atoms with Crippen molar-refractivity contribution in [1.29, 1.82) is 5.26 Å². The first kappa shape index (κ1) is 19.6. The van der Waals surface area contributed by atoms with Gasteiger partial charge in [0.1, 0.15) is 0 Å². The van der Waals surface area contributed by atoms with Crippen molar-refractivity contribution in [3.05, 3.63) is 60.2 Å². The van der Waals surface area contributed by atoms with E-state index in [1.165, 1.54) is 11.8 Å². The molecule has 142 valence electrons. The molecule has 2 aromatic carbocycles. The Kier molecular flexibility index (Phi) is 6.40. The van der Waals surface area contributed by atoms with Gasteiger partial charge in [0.25, 0.3) is 0 Å². The molecule has 3 aromatic rings. The molecule has 0 N–H and O–H groups in total. The molecule has 1 aromatic heterocycles. The van der Waals surface area contributed by atoms with E-state index in [1.54, 1.807) is 9.58 Å². The summed E-state index contributed by atoms with van der Waals surface area (Å²) in [6, 6.07) is 19.3. The van der Waals surface area contributed by atoms with Crippen LogP contribution in [0.25, 0.3) is 5.69 Å². The zero-order valence-corrected chi connectivity index (χ0v) is 16.5. The average molecular weight is 392 g/mol. The number of rotatable bonds is 7. The predicted octanol–water partition coefficient (Wildman–Crippen LogP) is 3.40. The molecule has 1 amide bonds.